The van der Waals surface area contributed by atoms with E-state index in [1.165, 1.54) is 0 Å². The molecular formula is C14H24ClN3O2. The molecule has 0 fully saturated rings. The minimum absolute atomic E-state index is 0.530. The van der Waals surface area contributed by atoms with Crippen LogP contribution in [0, 0.1) is 6.92 Å². The van der Waals surface area contributed by atoms with Gasteiger partial charge in [0.25, 0.3) is 0 Å². The third kappa shape index (κ3) is 6.03. The lowest BCUT2D eigenvalue weighted by atomic mass is 10.3. The minimum atomic E-state index is 0.530. The normalized spacial score (nSPS) is 10.8. The molecule has 6 heteroatoms. The summed E-state index contributed by atoms with van der Waals surface area (Å²) >= 11 is 6.09. The number of aryl methyl sites for hydroxylation is 1. The summed E-state index contributed by atoms with van der Waals surface area (Å²) in [4.78, 5) is 8.68. The van der Waals surface area contributed by atoms with Crippen LogP contribution < -0.4 is 5.32 Å². The zero-order valence-electron chi connectivity index (χ0n) is 12.5. The van der Waals surface area contributed by atoms with Gasteiger partial charge < -0.3 is 14.8 Å². The second-order valence-corrected chi connectivity index (χ2v) is 4.85. The van der Waals surface area contributed by atoms with Gasteiger partial charge in [-0.05, 0) is 19.8 Å². The number of hydrogen-bond donors (Lipinski definition) is 1. The van der Waals surface area contributed by atoms with Crippen LogP contribution in [-0.2, 0) is 15.9 Å². The van der Waals surface area contributed by atoms with Gasteiger partial charge in [0.05, 0.1) is 13.2 Å². The van der Waals surface area contributed by atoms with Crippen LogP contribution in [0.1, 0.15) is 31.2 Å². The third-order valence-corrected chi connectivity index (χ3v) is 3.26. The number of nitrogens with zero attached hydrogens (tertiary/aromatic N) is 2. The van der Waals surface area contributed by atoms with Crippen LogP contribution in [0.3, 0.4) is 0 Å². The molecule has 20 heavy (non-hydrogen) atoms. The van der Waals surface area contributed by atoms with Crippen molar-refractivity contribution >= 4 is 17.4 Å². The van der Waals surface area contributed by atoms with Crippen LogP contribution in [0.2, 0.25) is 5.15 Å². The van der Waals surface area contributed by atoms with E-state index in [2.05, 4.69) is 15.3 Å². The molecule has 1 N–H and O–H groups in total. The Morgan fingerprint density at radius 1 is 1.15 bits per heavy atom. The summed E-state index contributed by atoms with van der Waals surface area (Å²) in [6, 6.07) is 0. The van der Waals surface area contributed by atoms with Crippen molar-refractivity contribution < 1.29 is 9.47 Å². The Labute approximate surface area is 126 Å². The lowest BCUT2D eigenvalue weighted by Crippen LogP contribution is -2.09. The fourth-order valence-electron chi connectivity index (χ4n) is 1.64. The molecule has 0 radical (unpaired) electrons. The van der Waals surface area contributed by atoms with E-state index in [0.717, 1.165) is 49.6 Å². The zero-order valence-corrected chi connectivity index (χ0v) is 13.3. The summed E-state index contributed by atoms with van der Waals surface area (Å²) in [6.07, 6.45) is 2.81. The summed E-state index contributed by atoms with van der Waals surface area (Å²) in [5.74, 6) is 1.60. The van der Waals surface area contributed by atoms with Crippen molar-refractivity contribution in [3.8, 4) is 0 Å². The number of aromatic nitrogens is 2. The lowest BCUT2D eigenvalue weighted by Gasteiger charge is -2.11. The molecule has 5 nitrogen and oxygen atoms in total. The average molecular weight is 302 g/mol. The number of halogens is 1. The van der Waals surface area contributed by atoms with E-state index in [0.29, 0.717) is 18.4 Å². The molecule has 114 valence electrons. The van der Waals surface area contributed by atoms with E-state index in [1.54, 1.807) is 7.11 Å². The van der Waals surface area contributed by atoms with Crippen LogP contribution >= 0.6 is 11.6 Å². The standard InChI is InChI=1S/C14H24ClN3O2/c1-4-12-17-13(15)11(2)14(18-12)16-7-5-6-8-20-10-9-19-3/h4-10H2,1-3H3,(H,16,17,18). The molecule has 0 atom stereocenters. The van der Waals surface area contributed by atoms with E-state index in [4.69, 9.17) is 21.1 Å². The maximum Gasteiger partial charge on any atom is 0.137 e. The molecule has 1 rings (SSSR count). The maximum absolute atomic E-state index is 6.09. The molecule has 1 heterocycles. The molecule has 0 spiro atoms. The van der Waals surface area contributed by atoms with Crippen molar-refractivity contribution in [2.24, 2.45) is 0 Å². The smallest absolute Gasteiger partial charge is 0.137 e. The first-order valence-corrected chi connectivity index (χ1v) is 7.40. The van der Waals surface area contributed by atoms with Gasteiger partial charge in [-0.3, -0.25) is 0 Å². The Hall–Kier alpha value is -0.910. The minimum Gasteiger partial charge on any atom is -0.382 e. The summed E-state index contributed by atoms with van der Waals surface area (Å²) < 4.78 is 10.3. The van der Waals surface area contributed by atoms with Gasteiger partial charge in [0, 0.05) is 32.2 Å². The molecule has 0 unspecified atom stereocenters. The molecule has 1 aromatic heterocycles. The highest BCUT2D eigenvalue weighted by Crippen LogP contribution is 2.19. The van der Waals surface area contributed by atoms with Gasteiger partial charge in [-0.25, -0.2) is 9.97 Å². The highest BCUT2D eigenvalue weighted by Gasteiger charge is 2.07. The third-order valence-electron chi connectivity index (χ3n) is 2.89. The molecule has 0 aromatic carbocycles. The summed E-state index contributed by atoms with van der Waals surface area (Å²) in [5, 5.41) is 3.84. The van der Waals surface area contributed by atoms with Gasteiger partial charge >= 0.3 is 0 Å². The number of anilines is 1. The first-order valence-electron chi connectivity index (χ1n) is 7.02. The topological polar surface area (TPSA) is 56.3 Å². The molecule has 0 bridgehead atoms. The SMILES string of the molecule is CCc1nc(Cl)c(C)c(NCCCCOCCOC)n1. The average Bonchev–Trinajstić information content (AvgIpc) is 2.45. The van der Waals surface area contributed by atoms with Gasteiger partial charge in [0.15, 0.2) is 0 Å². The number of nitrogens with one attached hydrogen (secondary N) is 1. The number of rotatable bonds is 10. The van der Waals surface area contributed by atoms with Gasteiger partial charge in [-0.2, -0.15) is 0 Å². The first kappa shape index (κ1) is 17.1. The number of unbranched alkanes of at least 4 members (excludes halogenated alkanes) is 1. The molecule has 0 amide bonds. The quantitative estimate of drug-likeness (QED) is 0.532. The van der Waals surface area contributed by atoms with Gasteiger partial charge in [-0.1, -0.05) is 18.5 Å². The summed E-state index contributed by atoms with van der Waals surface area (Å²) in [6.45, 7) is 6.86. The largest absolute Gasteiger partial charge is 0.382 e. The Bertz CT molecular complexity index is 402. The molecule has 0 saturated carbocycles. The Morgan fingerprint density at radius 2 is 1.95 bits per heavy atom. The van der Waals surface area contributed by atoms with Crippen LogP contribution in [-0.4, -0.2) is 43.4 Å². The van der Waals surface area contributed by atoms with Gasteiger partial charge in [0.1, 0.15) is 16.8 Å². The van der Waals surface area contributed by atoms with Crippen LogP contribution in [0.25, 0.3) is 0 Å². The fraction of sp³-hybridized carbons (Fsp3) is 0.714. The second-order valence-electron chi connectivity index (χ2n) is 4.50. The molecule has 0 saturated heterocycles. The first-order chi connectivity index (χ1) is 9.69. The molecular weight excluding hydrogens is 278 g/mol. The zero-order chi connectivity index (χ0) is 14.8. The molecule has 1 aromatic rings. The summed E-state index contributed by atoms with van der Waals surface area (Å²) in [5.41, 5.74) is 0.903. The van der Waals surface area contributed by atoms with E-state index < -0.39 is 0 Å². The van der Waals surface area contributed by atoms with Crippen LogP contribution in [0.4, 0.5) is 5.82 Å². The Balaban J connectivity index is 2.26. The monoisotopic (exact) mass is 301 g/mol. The van der Waals surface area contributed by atoms with Crippen molar-refractivity contribution in [3.05, 3.63) is 16.5 Å². The predicted molar refractivity (Wildman–Crippen MR) is 81.6 cm³/mol. The Morgan fingerprint density at radius 3 is 2.65 bits per heavy atom. The van der Waals surface area contributed by atoms with Crippen molar-refractivity contribution in [1.29, 1.82) is 0 Å². The van der Waals surface area contributed by atoms with E-state index in [9.17, 15) is 0 Å². The predicted octanol–water partition coefficient (Wildman–Crippen LogP) is 2.86. The van der Waals surface area contributed by atoms with Gasteiger partial charge in [-0.15, -0.1) is 0 Å². The number of ether oxygens (including phenoxy) is 2. The molecule has 0 aliphatic heterocycles. The molecule has 0 aliphatic rings. The van der Waals surface area contributed by atoms with Crippen LogP contribution in [0.15, 0.2) is 0 Å². The number of hydrogen-bond acceptors (Lipinski definition) is 5. The van der Waals surface area contributed by atoms with Crippen molar-refractivity contribution in [2.45, 2.75) is 33.1 Å². The van der Waals surface area contributed by atoms with E-state index in [-0.39, 0.29) is 0 Å². The number of methoxy groups -OCH3 is 1. The van der Waals surface area contributed by atoms with E-state index in [1.807, 2.05) is 13.8 Å². The highest BCUT2D eigenvalue weighted by molar-refractivity contribution is 6.30. The second kappa shape index (κ2) is 9.91. The van der Waals surface area contributed by atoms with Gasteiger partial charge in [0.2, 0.25) is 0 Å². The highest BCUT2D eigenvalue weighted by atomic mass is 35.5. The molecule has 0 aliphatic carbocycles. The van der Waals surface area contributed by atoms with E-state index >= 15 is 0 Å². The van der Waals surface area contributed by atoms with Crippen LogP contribution in [0.5, 0.6) is 0 Å². The van der Waals surface area contributed by atoms with Crippen molar-refractivity contribution in [1.82, 2.24) is 9.97 Å². The van der Waals surface area contributed by atoms with Crippen molar-refractivity contribution in [2.75, 3.05) is 38.8 Å². The fourth-order valence-corrected chi connectivity index (χ4v) is 1.83. The maximum atomic E-state index is 6.09. The summed E-state index contributed by atoms with van der Waals surface area (Å²) in [7, 11) is 1.67. The van der Waals surface area contributed by atoms with Crippen molar-refractivity contribution in [3.63, 3.8) is 0 Å². The Kier molecular flexibility index (Phi) is 8.49. The lowest BCUT2D eigenvalue weighted by molar-refractivity contribution is 0.0691.